The van der Waals surface area contributed by atoms with E-state index in [0.29, 0.717) is 15.9 Å². The second kappa shape index (κ2) is 11.8. The zero-order valence-corrected chi connectivity index (χ0v) is 22.9. The summed E-state index contributed by atoms with van der Waals surface area (Å²) in [6.45, 7) is 3.25. The highest BCUT2D eigenvalue weighted by molar-refractivity contribution is 9.10. The van der Waals surface area contributed by atoms with Crippen LogP contribution in [-0.4, -0.2) is 40.6 Å². The van der Waals surface area contributed by atoms with Crippen LogP contribution in [0.1, 0.15) is 22.8 Å². The van der Waals surface area contributed by atoms with E-state index in [0.717, 1.165) is 9.87 Å². The number of benzene rings is 3. The number of aryl methyl sites for hydroxylation is 1. The number of rotatable bonds is 9. The maximum atomic E-state index is 13.6. The molecule has 0 unspecified atom stereocenters. The Morgan fingerprint density at radius 2 is 1.75 bits per heavy atom. The molecule has 0 bridgehead atoms. The molecular formula is C25H24BrClN2O6S. The molecule has 11 heteroatoms. The van der Waals surface area contributed by atoms with Gasteiger partial charge in [0.25, 0.3) is 10.0 Å². The van der Waals surface area contributed by atoms with Crippen molar-refractivity contribution in [1.29, 1.82) is 0 Å². The lowest BCUT2D eigenvalue weighted by Crippen LogP contribution is -2.38. The van der Waals surface area contributed by atoms with E-state index in [2.05, 4.69) is 21.2 Å². The van der Waals surface area contributed by atoms with Gasteiger partial charge < -0.3 is 14.8 Å². The first-order valence-corrected chi connectivity index (χ1v) is 13.4. The Labute approximate surface area is 223 Å². The lowest BCUT2D eigenvalue weighted by atomic mass is 10.2. The Morgan fingerprint density at radius 1 is 1.06 bits per heavy atom. The molecule has 3 aromatic carbocycles. The van der Waals surface area contributed by atoms with Crippen LogP contribution in [0.5, 0.6) is 5.75 Å². The molecule has 1 N–H and O–H groups in total. The lowest BCUT2D eigenvalue weighted by molar-refractivity contribution is -0.114. The van der Waals surface area contributed by atoms with Crippen LogP contribution in [0.3, 0.4) is 0 Å². The Bertz CT molecular complexity index is 1380. The maximum absolute atomic E-state index is 13.6. The SMILES string of the molecule is CCOC(=O)c1ccc(NC(=O)CN(c2ccc(C)cc2)S(=O)(=O)c2ccc(OC)c(Br)c2)c(Cl)c1. The van der Waals surface area contributed by atoms with Gasteiger partial charge in [-0.15, -0.1) is 0 Å². The van der Waals surface area contributed by atoms with Gasteiger partial charge in [0, 0.05) is 0 Å². The summed E-state index contributed by atoms with van der Waals surface area (Å²) in [6, 6.07) is 15.4. The van der Waals surface area contributed by atoms with Gasteiger partial charge >= 0.3 is 5.97 Å². The fraction of sp³-hybridized carbons (Fsp3) is 0.200. The number of anilines is 2. The Kier molecular flexibility index (Phi) is 8.99. The number of hydrogen-bond acceptors (Lipinski definition) is 6. The molecule has 8 nitrogen and oxygen atoms in total. The molecule has 0 radical (unpaired) electrons. The van der Waals surface area contributed by atoms with Crippen LogP contribution < -0.4 is 14.4 Å². The van der Waals surface area contributed by atoms with Gasteiger partial charge in [0.1, 0.15) is 12.3 Å². The minimum atomic E-state index is -4.14. The lowest BCUT2D eigenvalue weighted by Gasteiger charge is -2.24. The van der Waals surface area contributed by atoms with Gasteiger partial charge in [0.2, 0.25) is 5.91 Å². The van der Waals surface area contributed by atoms with Gasteiger partial charge in [0.05, 0.1) is 45.0 Å². The summed E-state index contributed by atoms with van der Waals surface area (Å²) in [4.78, 5) is 24.9. The summed E-state index contributed by atoms with van der Waals surface area (Å²) in [5, 5.41) is 2.72. The molecule has 190 valence electrons. The number of carbonyl (C=O) groups excluding carboxylic acids is 2. The first-order chi connectivity index (χ1) is 17.1. The molecule has 0 aliphatic carbocycles. The van der Waals surface area contributed by atoms with Crippen molar-refractivity contribution in [1.82, 2.24) is 0 Å². The van der Waals surface area contributed by atoms with Crippen molar-refractivity contribution >= 4 is 60.8 Å². The maximum Gasteiger partial charge on any atom is 0.338 e. The zero-order valence-electron chi connectivity index (χ0n) is 19.7. The van der Waals surface area contributed by atoms with Gasteiger partial charge in [0.15, 0.2) is 0 Å². The highest BCUT2D eigenvalue weighted by atomic mass is 79.9. The van der Waals surface area contributed by atoms with Crippen LogP contribution in [-0.2, 0) is 19.6 Å². The molecule has 36 heavy (non-hydrogen) atoms. The Morgan fingerprint density at radius 3 is 2.33 bits per heavy atom. The van der Waals surface area contributed by atoms with E-state index in [1.807, 2.05) is 6.92 Å². The largest absolute Gasteiger partial charge is 0.496 e. The van der Waals surface area contributed by atoms with Crippen LogP contribution in [0.2, 0.25) is 5.02 Å². The molecule has 0 aliphatic heterocycles. The van der Waals surface area contributed by atoms with E-state index in [-0.39, 0.29) is 27.8 Å². The second-order valence-corrected chi connectivity index (χ2v) is 10.7. The van der Waals surface area contributed by atoms with Crippen molar-refractivity contribution in [3.63, 3.8) is 0 Å². The molecule has 3 aromatic rings. The summed E-state index contributed by atoms with van der Waals surface area (Å²) in [5.74, 6) is -0.702. The van der Waals surface area contributed by atoms with E-state index in [4.69, 9.17) is 21.1 Å². The van der Waals surface area contributed by atoms with E-state index >= 15 is 0 Å². The summed E-state index contributed by atoms with van der Waals surface area (Å²) < 4.78 is 38.8. The van der Waals surface area contributed by atoms with E-state index in [1.54, 1.807) is 31.2 Å². The Hall–Kier alpha value is -3.08. The number of ether oxygens (including phenoxy) is 2. The number of hydrogen-bond donors (Lipinski definition) is 1. The monoisotopic (exact) mass is 594 g/mol. The molecule has 0 fully saturated rings. The number of methoxy groups -OCH3 is 1. The highest BCUT2D eigenvalue weighted by Crippen LogP contribution is 2.31. The average Bonchev–Trinajstić information content (AvgIpc) is 2.84. The molecular weight excluding hydrogens is 572 g/mol. The number of nitrogens with one attached hydrogen (secondary N) is 1. The third-order valence-electron chi connectivity index (χ3n) is 5.07. The van der Waals surface area contributed by atoms with Crippen molar-refractivity contribution in [2.24, 2.45) is 0 Å². The third kappa shape index (κ3) is 6.37. The first-order valence-electron chi connectivity index (χ1n) is 10.8. The Balaban J connectivity index is 1.91. The smallest absolute Gasteiger partial charge is 0.338 e. The average molecular weight is 596 g/mol. The number of halogens is 2. The molecule has 3 rings (SSSR count). The van der Waals surface area contributed by atoms with Crippen molar-refractivity contribution < 1.29 is 27.5 Å². The van der Waals surface area contributed by atoms with E-state index < -0.39 is 28.4 Å². The quantitative estimate of drug-likeness (QED) is 0.331. The number of amides is 1. The molecule has 0 aliphatic rings. The first kappa shape index (κ1) is 27.5. The molecule has 1 amide bonds. The normalized spacial score (nSPS) is 11.0. The molecule has 0 spiro atoms. The minimum absolute atomic E-state index is 0.0274. The van der Waals surface area contributed by atoms with Crippen molar-refractivity contribution in [3.05, 3.63) is 81.3 Å². The van der Waals surface area contributed by atoms with Crippen molar-refractivity contribution in [2.45, 2.75) is 18.7 Å². The zero-order chi connectivity index (χ0) is 26.5. The van der Waals surface area contributed by atoms with Crippen LogP contribution in [0.25, 0.3) is 0 Å². The number of esters is 1. The van der Waals surface area contributed by atoms with Crippen molar-refractivity contribution in [3.8, 4) is 5.75 Å². The summed E-state index contributed by atoms with van der Waals surface area (Å²) >= 11 is 9.56. The topological polar surface area (TPSA) is 102 Å². The number of sulfonamides is 1. The summed E-state index contributed by atoms with van der Waals surface area (Å²) in [7, 11) is -2.67. The van der Waals surface area contributed by atoms with Crippen LogP contribution >= 0.6 is 27.5 Å². The molecule has 0 aromatic heterocycles. The molecule has 0 saturated carbocycles. The van der Waals surface area contributed by atoms with Gasteiger partial charge in [-0.05, 0) is 78.3 Å². The molecule has 0 heterocycles. The minimum Gasteiger partial charge on any atom is -0.496 e. The predicted molar refractivity (Wildman–Crippen MR) is 142 cm³/mol. The van der Waals surface area contributed by atoms with Gasteiger partial charge in [-0.25, -0.2) is 13.2 Å². The van der Waals surface area contributed by atoms with Gasteiger partial charge in [-0.3, -0.25) is 9.10 Å². The summed E-state index contributed by atoms with van der Waals surface area (Å²) in [6.07, 6.45) is 0. The number of nitrogens with zero attached hydrogens (tertiary/aromatic N) is 1. The fourth-order valence-corrected chi connectivity index (χ4v) is 5.61. The number of carbonyl (C=O) groups is 2. The molecule has 0 saturated heterocycles. The predicted octanol–water partition coefficient (Wildman–Crippen LogP) is 5.43. The van der Waals surface area contributed by atoms with E-state index in [1.165, 1.54) is 43.5 Å². The standard InChI is InChI=1S/C25H24BrClN2O6S/c1-4-35-25(31)17-7-11-22(21(27)13-17)28-24(30)15-29(18-8-5-16(2)6-9-18)36(32,33)19-10-12-23(34-3)20(26)14-19/h5-14H,4,15H2,1-3H3,(H,28,30). The van der Waals surface area contributed by atoms with Crippen LogP contribution in [0, 0.1) is 6.92 Å². The summed E-state index contributed by atoms with van der Waals surface area (Å²) in [5.41, 5.74) is 1.70. The van der Waals surface area contributed by atoms with Crippen molar-refractivity contribution in [2.75, 3.05) is 29.9 Å². The van der Waals surface area contributed by atoms with E-state index in [9.17, 15) is 18.0 Å². The third-order valence-corrected chi connectivity index (χ3v) is 7.78. The highest BCUT2D eigenvalue weighted by Gasteiger charge is 2.28. The van der Waals surface area contributed by atoms with Gasteiger partial charge in [-0.2, -0.15) is 0 Å². The second-order valence-electron chi connectivity index (χ2n) is 7.61. The molecule has 0 atom stereocenters. The van der Waals surface area contributed by atoms with Crippen LogP contribution in [0.15, 0.2) is 70.0 Å². The fourth-order valence-electron chi connectivity index (χ4n) is 3.24. The van der Waals surface area contributed by atoms with Crippen LogP contribution in [0.4, 0.5) is 11.4 Å². The van der Waals surface area contributed by atoms with Gasteiger partial charge in [-0.1, -0.05) is 29.3 Å².